The van der Waals surface area contributed by atoms with E-state index in [1.165, 1.54) is 35.5 Å². The van der Waals surface area contributed by atoms with E-state index in [1.807, 2.05) is 6.07 Å². The van der Waals surface area contributed by atoms with Crippen LogP contribution < -0.4 is 0 Å². The van der Waals surface area contributed by atoms with Crippen LogP contribution in [0.1, 0.15) is 25.3 Å². The number of nitrogens with zero attached hydrogens (tertiary/aromatic N) is 2. The summed E-state index contributed by atoms with van der Waals surface area (Å²) in [4.78, 5) is 22.8. The number of hydrogen-bond acceptors (Lipinski definition) is 6. The molecule has 0 bridgehead atoms. The minimum Gasteiger partial charge on any atom is -0.457 e. The number of esters is 1. The third kappa shape index (κ3) is 4.19. The van der Waals surface area contributed by atoms with Gasteiger partial charge in [0.25, 0.3) is 0 Å². The van der Waals surface area contributed by atoms with Crippen molar-refractivity contribution in [3.63, 3.8) is 0 Å². The van der Waals surface area contributed by atoms with E-state index < -0.39 is 21.9 Å². The fourth-order valence-electron chi connectivity index (χ4n) is 2.47. The number of rotatable bonds is 5. The predicted molar refractivity (Wildman–Crippen MR) is 84.3 cm³/mol. The van der Waals surface area contributed by atoms with Crippen LogP contribution >= 0.6 is 0 Å². The summed E-state index contributed by atoms with van der Waals surface area (Å²) in [6.45, 7) is 1.51. The summed E-state index contributed by atoms with van der Waals surface area (Å²) >= 11 is 0. The monoisotopic (exact) mass is 350 g/mol. The van der Waals surface area contributed by atoms with E-state index in [2.05, 4.69) is 0 Å². The topological polar surface area (TPSA) is 105 Å². The van der Waals surface area contributed by atoms with E-state index in [-0.39, 0.29) is 30.4 Å². The number of carbonyl (C=O) groups is 2. The number of sulfonamides is 1. The minimum atomic E-state index is -3.64. The average molecular weight is 350 g/mol. The minimum absolute atomic E-state index is 0.124. The molecule has 0 spiro atoms. The largest absolute Gasteiger partial charge is 0.457 e. The van der Waals surface area contributed by atoms with Crippen molar-refractivity contribution in [1.82, 2.24) is 4.31 Å². The fourth-order valence-corrected chi connectivity index (χ4v) is 3.94. The first-order valence-corrected chi connectivity index (χ1v) is 8.95. The van der Waals surface area contributed by atoms with Crippen LogP contribution in [0.5, 0.6) is 0 Å². The van der Waals surface area contributed by atoms with Gasteiger partial charge in [-0.3, -0.25) is 9.59 Å². The van der Waals surface area contributed by atoms with E-state index in [1.54, 1.807) is 0 Å². The molecule has 0 aromatic heterocycles. The summed E-state index contributed by atoms with van der Waals surface area (Å²) in [7, 11) is -3.64. The number of ketones is 1. The van der Waals surface area contributed by atoms with Crippen LogP contribution in [0.15, 0.2) is 29.2 Å². The maximum absolute atomic E-state index is 12.6. The van der Waals surface area contributed by atoms with Gasteiger partial charge in [-0.15, -0.1) is 0 Å². The number of benzene rings is 1. The number of hydrogen-bond donors (Lipinski definition) is 0. The van der Waals surface area contributed by atoms with E-state index in [0.717, 1.165) is 0 Å². The van der Waals surface area contributed by atoms with Crippen LogP contribution in [0.2, 0.25) is 0 Å². The normalized spacial score (nSPS) is 16.3. The van der Waals surface area contributed by atoms with Gasteiger partial charge in [0, 0.05) is 13.1 Å². The standard InChI is InChI=1S/C16H18N2O5S/c1-12(19)11-23-16(20)14-6-8-18(9-7-14)24(21,22)15-4-2-13(10-17)3-5-15/h2-5,14H,6-9,11H2,1H3. The lowest BCUT2D eigenvalue weighted by Crippen LogP contribution is -2.40. The molecular weight excluding hydrogens is 332 g/mol. The molecule has 8 heteroatoms. The van der Waals surface area contributed by atoms with Gasteiger partial charge in [-0.05, 0) is 44.0 Å². The second-order valence-electron chi connectivity index (χ2n) is 5.62. The molecule has 0 saturated carbocycles. The molecule has 24 heavy (non-hydrogen) atoms. The Morgan fingerprint density at radius 2 is 1.83 bits per heavy atom. The van der Waals surface area contributed by atoms with E-state index in [0.29, 0.717) is 18.4 Å². The van der Waals surface area contributed by atoms with Gasteiger partial charge in [0.1, 0.15) is 6.61 Å². The van der Waals surface area contributed by atoms with Crippen molar-refractivity contribution in [3.05, 3.63) is 29.8 Å². The van der Waals surface area contributed by atoms with Gasteiger partial charge in [0.2, 0.25) is 10.0 Å². The molecule has 0 unspecified atom stereocenters. The summed E-state index contributed by atoms with van der Waals surface area (Å²) < 4.78 is 31.3. The highest BCUT2D eigenvalue weighted by Gasteiger charge is 2.32. The quantitative estimate of drug-likeness (QED) is 0.736. The molecule has 1 aromatic carbocycles. The highest BCUT2D eigenvalue weighted by atomic mass is 32.2. The lowest BCUT2D eigenvalue weighted by Gasteiger charge is -2.30. The zero-order chi connectivity index (χ0) is 17.7. The number of ether oxygens (including phenoxy) is 1. The molecule has 1 aliphatic rings. The first kappa shape index (κ1) is 18.1. The summed E-state index contributed by atoms with van der Waals surface area (Å²) in [5.74, 6) is -1.08. The molecule has 128 valence electrons. The maximum atomic E-state index is 12.6. The van der Waals surface area contributed by atoms with Crippen LogP contribution in [0.25, 0.3) is 0 Å². The predicted octanol–water partition coefficient (Wildman–Crippen LogP) is 1.09. The molecule has 0 aliphatic carbocycles. The van der Waals surface area contributed by atoms with Crippen molar-refractivity contribution in [2.75, 3.05) is 19.7 Å². The summed E-state index contributed by atoms with van der Waals surface area (Å²) in [6.07, 6.45) is 0.707. The van der Waals surface area contributed by atoms with Gasteiger partial charge >= 0.3 is 5.97 Å². The molecule has 2 rings (SSSR count). The molecule has 7 nitrogen and oxygen atoms in total. The molecule has 1 aliphatic heterocycles. The summed E-state index contributed by atoms with van der Waals surface area (Å²) in [5, 5.41) is 8.76. The smallest absolute Gasteiger partial charge is 0.309 e. The molecular formula is C16H18N2O5S. The third-order valence-corrected chi connectivity index (χ3v) is 5.74. The first-order valence-electron chi connectivity index (χ1n) is 7.51. The van der Waals surface area contributed by atoms with Gasteiger partial charge in [0.15, 0.2) is 5.78 Å². The SMILES string of the molecule is CC(=O)COC(=O)C1CCN(S(=O)(=O)c2ccc(C#N)cc2)CC1. The average Bonchev–Trinajstić information content (AvgIpc) is 2.59. The van der Waals surface area contributed by atoms with Crippen molar-refractivity contribution in [2.24, 2.45) is 5.92 Å². The highest BCUT2D eigenvalue weighted by Crippen LogP contribution is 2.24. The molecule has 1 fully saturated rings. The Bertz CT molecular complexity index is 757. The van der Waals surface area contributed by atoms with E-state index in [4.69, 9.17) is 10.00 Å². The number of carbonyl (C=O) groups excluding carboxylic acids is 2. The third-order valence-electron chi connectivity index (χ3n) is 3.83. The Hall–Kier alpha value is -2.24. The van der Waals surface area contributed by atoms with Gasteiger partial charge < -0.3 is 4.74 Å². The number of nitriles is 1. The molecule has 0 amide bonds. The Kier molecular flexibility index (Phi) is 5.70. The van der Waals surface area contributed by atoms with E-state index in [9.17, 15) is 18.0 Å². The Morgan fingerprint density at radius 1 is 1.25 bits per heavy atom. The van der Waals surface area contributed by atoms with Crippen molar-refractivity contribution in [1.29, 1.82) is 5.26 Å². The van der Waals surface area contributed by atoms with Gasteiger partial charge in [-0.2, -0.15) is 9.57 Å². The zero-order valence-electron chi connectivity index (χ0n) is 13.3. The summed E-state index contributed by atoms with van der Waals surface area (Å²) in [6, 6.07) is 7.66. The Morgan fingerprint density at radius 3 is 2.33 bits per heavy atom. The molecule has 0 atom stereocenters. The molecule has 1 saturated heterocycles. The number of Topliss-reactive ketones (excluding diaryl/α,β-unsaturated/α-hetero) is 1. The Balaban J connectivity index is 1.99. The van der Waals surface area contributed by atoms with Crippen LogP contribution in [0, 0.1) is 17.2 Å². The van der Waals surface area contributed by atoms with Crippen LogP contribution in [-0.4, -0.2) is 44.2 Å². The fraction of sp³-hybridized carbons (Fsp3) is 0.438. The van der Waals surface area contributed by atoms with Crippen LogP contribution in [-0.2, 0) is 24.3 Å². The first-order chi connectivity index (χ1) is 11.3. The molecule has 1 heterocycles. The summed E-state index contributed by atoms with van der Waals surface area (Å²) in [5.41, 5.74) is 0.390. The van der Waals surface area contributed by atoms with Crippen molar-refractivity contribution >= 4 is 21.8 Å². The Labute approximate surface area is 140 Å². The molecule has 1 aromatic rings. The van der Waals surface area contributed by atoms with Crippen LogP contribution in [0.4, 0.5) is 0 Å². The van der Waals surface area contributed by atoms with Crippen LogP contribution in [0.3, 0.4) is 0 Å². The molecule has 0 N–H and O–H groups in total. The number of piperidine rings is 1. The second kappa shape index (κ2) is 7.55. The van der Waals surface area contributed by atoms with Gasteiger partial charge in [-0.1, -0.05) is 0 Å². The van der Waals surface area contributed by atoms with Crippen molar-refractivity contribution < 1.29 is 22.7 Å². The maximum Gasteiger partial charge on any atom is 0.309 e. The second-order valence-corrected chi connectivity index (χ2v) is 7.56. The van der Waals surface area contributed by atoms with Gasteiger partial charge in [0.05, 0.1) is 22.4 Å². The van der Waals surface area contributed by atoms with Crippen molar-refractivity contribution in [3.8, 4) is 6.07 Å². The van der Waals surface area contributed by atoms with E-state index >= 15 is 0 Å². The van der Waals surface area contributed by atoms with Crippen molar-refractivity contribution in [2.45, 2.75) is 24.7 Å². The molecule has 0 radical (unpaired) electrons. The highest BCUT2D eigenvalue weighted by molar-refractivity contribution is 7.89. The lowest BCUT2D eigenvalue weighted by molar-refractivity contribution is -0.152. The zero-order valence-corrected chi connectivity index (χ0v) is 14.1. The van der Waals surface area contributed by atoms with Gasteiger partial charge in [-0.25, -0.2) is 8.42 Å². The lowest BCUT2D eigenvalue weighted by atomic mass is 9.98.